The zero-order chi connectivity index (χ0) is 13.3. The molecule has 0 bridgehead atoms. The zero-order valence-electron chi connectivity index (χ0n) is 10.6. The molecule has 0 unspecified atom stereocenters. The van der Waals surface area contributed by atoms with E-state index in [1.807, 2.05) is 26.0 Å². The van der Waals surface area contributed by atoms with Crippen LogP contribution in [-0.2, 0) is 9.59 Å². The Kier molecular flexibility index (Phi) is 3.41. The van der Waals surface area contributed by atoms with Crippen LogP contribution >= 0.6 is 0 Å². The molecule has 1 heterocycles. The number of amides is 1. The molecular formula is C13H18N2O3. The molecular weight excluding hydrogens is 232 g/mol. The van der Waals surface area contributed by atoms with Crippen LogP contribution in [0.4, 0.5) is 0 Å². The number of carbonyl (C=O) groups excluding carboxylic acids is 1. The second-order valence-electron chi connectivity index (χ2n) is 4.91. The van der Waals surface area contributed by atoms with E-state index in [1.54, 1.807) is 4.68 Å². The molecule has 0 aromatic carbocycles. The number of aryl methyl sites for hydroxylation is 2. The lowest BCUT2D eigenvalue weighted by atomic mass is 9.96. The number of nitrogens with one attached hydrogen (secondary N) is 1. The number of nitrogens with zero attached hydrogens (tertiary/aromatic N) is 1. The highest BCUT2D eigenvalue weighted by Crippen LogP contribution is 2.32. The molecule has 2 rings (SSSR count). The molecule has 1 amide bonds. The average Bonchev–Trinajstić information content (AvgIpc) is 2.90. The minimum absolute atomic E-state index is 0.192. The fourth-order valence-corrected chi connectivity index (χ4v) is 2.61. The first kappa shape index (κ1) is 12.7. The summed E-state index contributed by atoms with van der Waals surface area (Å²) in [5.74, 6) is -2.01. The number of rotatable bonds is 3. The predicted octanol–water partition coefficient (Wildman–Crippen LogP) is 1.68. The van der Waals surface area contributed by atoms with Crippen molar-refractivity contribution in [3.05, 3.63) is 23.5 Å². The van der Waals surface area contributed by atoms with Gasteiger partial charge in [-0.2, -0.15) is 0 Å². The maximum absolute atomic E-state index is 12.1. The molecule has 1 fully saturated rings. The molecule has 1 saturated carbocycles. The highest BCUT2D eigenvalue weighted by molar-refractivity contribution is 5.90. The number of aliphatic carboxylic acids is 1. The summed E-state index contributed by atoms with van der Waals surface area (Å²) in [5, 5.41) is 9.08. The molecule has 2 N–H and O–H groups in total. The SMILES string of the molecule is Cc1ccc(C)n1NC(=O)[C@@H]1CCC[C@@H]1C(=O)O. The number of hydrogen-bond donors (Lipinski definition) is 2. The molecule has 2 atom stereocenters. The Balaban J connectivity index is 2.11. The molecule has 1 aromatic rings. The van der Waals surface area contributed by atoms with E-state index in [4.69, 9.17) is 5.11 Å². The van der Waals surface area contributed by atoms with Gasteiger partial charge in [-0.05, 0) is 38.8 Å². The van der Waals surface area contributed by atoms with Crippen molar-refractivity contribution in [2.45, 2.75) is 33.1 Å². The zero-order valence-corrected chi connectivity index (χ0v) is 10.6. The van der Waals surface area contributed by atoms with E-state index in [0.29, 0.717) is 12.8 Å². The third kappa shape index (κ3) is 2.25. The molecule has 5 heteroatoms. The summed E-state index contributed by atoms with van der Waals surface area (Å²) >= 11 is 0. The lowest BCUT2D eigenvalue weighted by molar-refractivity contribution is -0.145. The summed E-state index contributed by atoms with van der Waals surface area (Å²) in [6, 6.07) is 3.83. The maximum Gasteiger partial charge on any atom is 0.307 e. The quantitative estimate of drug-likeness (QED) is 0.857. The van der Waals surface area contributed by atoms with Gasteiger partial charge in [0.2, 0.25) is 5.91 Å². The fourth-order valence-electron chi connectivity index (χ4n) is 2.61. The van der Waals surface area contributed by atoms with Gasteiger partial charge in [0, 0.05) is 11.4 Å². The Hall–Kier alpha value is -1.78. The number of carboxylic acids is 1. The standard InChI is InChI=1S/C13H18N2O3/c1-8-6-7-9(2)15(8)14-12(16)10-4-3-5-11(10)13(17)18/h6-7,10-11H,3-5H2,1-2H3,(H,14,16)(H,17,18)/t10-,11+/m1/s1. The van der Waals surface area contributed by atoms with E-state index in [1.165, 1.54) is 0 Å². The third-order valence-corrected chi connectivity index (χ3v) is 3.66. The van der Waals surface area contributed by atoms with E-state index in [9.17, 15) is 9.59 Å². The van der Waals surface area contributed by atoms with Crippen LogP contribution < -0.4 is 5.43 Å². The van der Waals surface area contributed by atoms with Crippen LogP contribution in [0, 0.1) is 25.7 Å². The minimum Gasteiger partial charge on any atom is -0.481 e. The minimum atomic E-state index is -0.867. The first-order valence-electron chi connectivity index (χ1n) is 6.19. The molecule has 98 valence electrons. The van der Waals surface area contributed by atoms with Gasteiger partial charge in [-0.25, -0.2) is 0 Å². The van der Waals surface area contributed by atoms with Gasteiger partial charge in [-0.15, -0.1) is 0 Å². The van der Waals surface area contributed by atoms with Crippen LogP contribution in [0.3, 0.4) is 0 Å². The van der Waals surface area contributed by atoms with Crippen molar-refractivity contribution in [2.75, 3.05) is 5.43 Å². The summed E-state index contributed by atoms with van der Waals surface area (Å²) in [4.78, 5) is 23.2. The second kappa shape index (κ2) is 4.84. The fraction of sp³-hybridized carbons (Fsp3) is 0.538. The topological polar surface area (TPSA) is 71.3 Å². The van der Waals surface area contributed by atoms with Gasteiger partial charge in [0.15, 0.2) is 0 Å². The Morgan fingerprint density at radius 1 is 1.22 bits per heavy atom. The van der Waals surface area contributed by atoms with Gasteiger partial charge in [0.05, 0.1) is 11.8 Å². The van der Waals surface area contributed by atoms with Crippen LogP contribution in [0.1, 0.15) is 30.7 Å². The van der Waals surface area contributed by atoms with Crippen molar-refractivity contribution >= 4 is 11.9 Å². The number of carboxylic acid groups (broad SMARTS) is 1. The summed E-state index contributed by atoms with van der Waals surface area (Å²) < 4.78 is 1.71. The normalized spacial score (nSPS) is 23.0. The summed E-state index contributed by atoms with van der Waals surface area (Å²) in [6.07, 6.45) is 2.05. The van der Waals surface area contributed by atoms with E-state index >= 15 is 0 Å². The second-order valence-corrected chi connectivity index (χ2v) is 4.91. The molecule has 1 aromatic heterocycles. The summed E-state index contributed by atoms with van der Waals surface area (Å²) in [7, 11) is 0. The van der Waals surface area contributed by atoms with Gasteiger partial charge in [0.1, 0.15) is 0 Å². The first-order chi connectivity index (χ1) is 8.50. The number of hydrogen-bond acceptors (Lipinski definition) is 2. The van der Waals surface area contributed by atoms with Crippen molar-refractivity contribution < 1.29 is 14.7 Å². The highest BCUT2D eigenvalue weighted by Gasteiger charge is 2.37. The van der Waals surface area contributed by atoms with Crippen LogP contribution in [0.5, 0.6) is 0 Å². The van der Waals surface area contributed by atoms with Crippen molar-refractivity contribution in [3.8, 4) is 0 Å². The lowest BCUT2D eigenvalue weighted by Crippen LogP contribution is -2.34. The lowest BCUT2D eigenvalue weighted by Gasteiger charge is -2.18. The first-order valence-corrected chi connectivity index (χ1v) is 6.19. The van der Waals surface area contributed by atoms with E-state index in [-0.39, 0.29) is 5.91 Å². The van der Waals surface area contributed by atoms with Crippen LogP contribution in [0.2, 0.25) is 0 Å². The molecule has 0 aliphatic heterocycles. The maximum atomic E-state index is 12.1. The van der Waals surface area contributed by atoms with Crippen molar-refractivity contribution in [2.24, 2.45) is 11.8 Å². The molecule has 1 aliphatic carbocycles. The number of carbonyl (C=O) groups is 2. The Morgan fingerprint density at radius 3 is 2.33 bits per heavy atom. The van der Waals surface area contributed by atoms with E-state index in [0.717, 1.165) is 17.8 Å². The molecule has 18 heavy (non-hydrogen) atoms. The van der Waals surface area contributed by atoms with Crippen LogP contribution in [-0.4, -0.2) is 21.7 Å². The van der Waals surface area contributed by atoms with Crippen molar-refractivity contribution in [1.82, 2.24) is 4.68 Å². The smallest absolute Gasteiger partial charge is 0.307 e. The van der Waals surface area contributed by atoms with Crippen LogP contribution in [0.15, 0.2) is 12.1 Å². The Morgan fingerprint density at radius 2 is 1.78 bits per heavy atom. The summed E-state index contributed by atoms with van der Waals surface area (Å²) in [6.45, 7) is 3.80. The molecule has 5 nitrogen and oxygen atoms in total. The largest absolute Gasteiger partial charge is 0.481 e. The van der Waals surface area contributed by atoms with Crippen molar-refractivity contribution in [1.29, 1.82) is 0 Å². The summed E-state index contributed by atoms with van der Waals surface area (Å²) in [5.41, 5.74) is 4.67. The molecule has 1 aliphatic rings. The average molecular weight is 250 g/mol. The number of aromatic nitrogens is 1. The molecule has 0 saturated heterocycles. The van der Waals surface area contributed by atoms with Gasteiger partial charge in [0.25, 0.3) is 0 Å². The van der Waals surface area contributed by atoms with Gasteiger partial charge >= 0.3 is 5.97 Å². The van der Waals surface area contributed by atoms with Crippen molar-refractivity contribution in [3.63, 3.8) is 0 Å². The molecule has 0 radical (unpaired) electrons. The van der Waals surface area contributed by atoms with E-state index < -0.39 is 17.8 Å². The Bertz CT molecular complexity index is 459. The highest BCUT2D eigenvalue weighted by atomic mass is 16.4. The van der Waals surface area contributed by atoms with Gasteiger partial charge in [-0.3, -0.25) is 19.7 Å². The van der Waals surface area contributed by atoms with E-state index in [2.05, 4.69) is 5.43 Å². The van der Waals surface area contributed by atoms with Crippen LogP contribution in [0.25, 0.3) is 0 Å². The third-order valence-electron chi connectivity index (χ3n) is 3.66. The predicted molar refractivity (Wildman–Crippen MR) is 66.7 cm³/mol. The van der Waals surface area contributed by atoms with Gasteiger partial charge in [-0.1, -0.05) is 6.42 Å². The van der Waals surface area contributed by atoms with Gasteiger partial charge < -0.3 is 5.11 Å². The Labute approximate surface area is 106 Å². The molecule has 0 spiro atoms. The monoisotopic (exact) mass is 250 g/mol.